The molecule has 1 aromatic rings. The quantitative estimate of drug-likeness (QED) is 0.764. The highest BCUT2D eigenvalue weighted by molar-refractivity contribution is 7.15. The van der Waals surface area contributed by atoms with Gasteiger partial charge in [-0.3, -0.25) is 0 Å². The molecule has 0 radical (unpaired) electrons. The van der Waals surface area contributed by atoms with E-state index in [-0.39, 0.29) is 0 Å². The number of aryl methyl sites for hydroxylation is 1. The molecular weight excluding hydrogens is 170 g/mol. The molecule has 0 spiro atoms. The second-order valence-electron chi connectivity index (χ2n) is 2.93. The SMILES string of the molecule is Cc1sc(N(C)C)nc1CCN. The molecule has 1 rings (SSSR count). The van der Waals surface area contributed by atoms with Crippen LogP contribution < -0.4 is 10.6 Å². The van der Waals surface area contributed by atoms with Crippen molar-refractivity contribution in [2.24, 2.45) is 5.73 Å². The first-order valence-corrected chi connectivity index (χ1v) is 4.80. The molecule has 12 heavy (non-hydrogen) atoms. The molecule has 2 N–H and O–H groups in total. The van der Waals surface area contributed by atoms with Gasteiger partial charge in [-0.05, 0) is 13.5 Å². The molecule has 0 fully saturated rings. The van der Waals surface area contributed by atoms with E-state index in [1.165, 1.54) is 4.88 Å². The smallest absolute Gasteiger partial charge is 0.185 e. The van der Waals surface area contributed by atoms with Crippen LogP contribution in [0.1, 0.15) is 10.6 Å². The summed E-state index contributed by atoms with van der Waals surface area (Å²) in [6.45, 7) is 2.77. The number of nitrogens with two attached hydrogens (primary N) is 1. The van der Waals surface area contributed by atoms with Crippen LogP contribution in [0.15, 0.2) is 0 Å². The van der Waals surface area contributed by atoms with Gasteiger partial charge in [0.1, 0.15) is 0 Å². The molecule has 0 amide bonds. The lowest BCUT2D eigenvalue weighted by Crippen LogP contribution is -2.09. The summed E-state index contributed by atoms with van der Waals surface area (Å²) in [5, 5.41) is 1.07. The molecule has 3 nitrogen and oxygen atoms in total. The molecule has 0 unspecified atom stereocenters. The predicted octanol–water partition coefficient (Wildman–Crippen LogP) is 1.02. The minimum absolute atomic E-state index is 0.678. The van der Waals surface area contributed by atoms with Crippen LogP contribution in [0.25, 0.3) is 0 Å². The number of aromatic nitrogens is 1. The summed E-state index contributed by atoms with van der Waals surface area (Å²) in [6, 6.07) is 0. The Morgan fingerprint density at radius 2 is 2.17 bits per heavy atom. The van der Waals surface area contributed by atoms with Crippen LogP contribution in [0.3, 0.4) is 0 Å². The van der Waals surface area contributed by atoms with Crippen LogP contribution >= 0.6 is 11.3 Å². The van der Waals surface area contributed by atoms with Crippen LogP contribution in [0.5, 0.6) is 0 Å². The number of nitrogens with zero attached hydrogens (tertiary/aromatic N) is 2. The van der Waals surface area contributed by atoms with Crippen molar-refractivity contribution in [1.29, 1.82) is 0 Å². The molecule has 0 saturated heterocycles. The van der Waals surface area contributed by atoms with Gasteiger partial charge >= 0.3 is 0 Å². The zero-order chi connectivity index (χ0) is 9.14. The maximum Gasteiger partial charge on any atom is 0.185 e. The van der Waals surface area contributed by atoms with Crippen LogP contribution in [0.2, 0.25) is 0 Å². The van der Waals surface area contributed by atoms with Crippen molar-refractivity contribution in [2.75, 3.05) is 25.5 Å². The van der Waals surface area contributed by atoms with Crippen molar-refractivity contribution >= 4 is 16.5 Å². The average Bonchev–Trinajstić information content (AvgIpc) is 2.34. The fourth-order valence-corrected chi connectivity index (χ4v) is 1.85. The molecule has 0 aliphatic carbocycles. The molecule has 1 heterocycles. The maximum absolute atomic E-state index is 5.47. The molecule has 0 aromatic carbocycles. The fourth-order valence-electron chi connectivity index (χ4n) is 0.973. The van der Waals surface area contributed by atoms with Gasteiger partial charge in [-0.1, -0.05) is 0 Å². The van der Waals surface area contributed by atoms with Gasteiger partial charge in [-0.15, -0.1) is 11.3 Å². The van der Waals surface area contributed by atoms with Gasteiger partial charge in [0, 0.05) is 25.4 Å². The third-order valence-corrected chi connectivity index (χ3v) is 2.83. The minimum atomic E-state index is 0.678. The van der Waals surface area contributed by atoms with Crippen molar-refractivity contribution in [3.05, 3.63) is 10.6 Å². The van der Waals surface area contributed by atoms with Crippen LogP contribution in [0.4, 0.5) is 5.13 Å². The monoisotopic (exact) mass is 185 g/mol. The third kappa shape index (κ3) is 1.95. The zero-order valence-corrected chi connectivity index (χ0v) is 8.61. The first-order valence-electron chi connectivity index (χ1n) is 3.99. The van der Waals surface area contributed by atoms with Crippen LogP contribution in [-0.2, 0) is 6.42 Å². The highest BCUT2D eigenvalue weighted by Crippen LogP contribution is 2.23. The summed E-state index contributed by atoms with van der Waals surface area (Å²) in [5.74, 6) is 0. The molecule has 0 bridgehead atoms. The van der Waals surface area contributed by atoms with Gasteiger partial charge in [-0.25, -0.2) is 4.98 Å². The van der Waals surface area contributed by atoms with Gasteiger partial charge in [0.25, 0.3) is 0 Å². The Morgan fingerprint density at radius 1 is 1.50 bits per heavy atom. The van der Waals surface area contributed by atoms with Crippen molar-refractivity contribution in [2.45, 2.75) is 13.3 Å². The van der Waals surface area contributed by atoms with E-state index in [9.17, 15) is 0 Å². The van der Waals surface area contributed by atoms with E-state index in [1.807, 2.05) is 19.0 Å². The molecule has 0 aliphatic heterocycles. The van der Waals surface area contributed by atoms with Crippen molar-refractivity contribution in [1.82, 2.24) is 4.98 Å². The normalized spacial score (nSPS) is 10.3. The minimum Gasteiger partial charge on any atom is -0.354 e. The zero-order valence-electron chi connectivity index (χ0n) is 7.79. The molecule has 68 valence electrons. The number of hydrogen-bond acceptors (Lipinski definition) is 4. The fraction of sp³-hybridized carbons (Fsp3) is 0.625. The van der Waals surface area contributed by atoms with E-state index in [4.69, 9.17) is 5.73 Å². The summed E-state index contributed by atoms with van der Waals surface area (Å²) in [5.41, 5.74) is 6.61. The van der Waals surface area contributed by atoms with Crippen molar-refractivity contribution < 1.29 is 0 Å². The largest absolute Gasteiger partial charge is 0.354 e. The van der Waals surface area contributed by atoms with Gasteiger partial charge in [-0.2, -0.15) is 0 Å². The topological polar surface area (TPSA) is 42.2 Å². The molecule has 0 aliphatic rings. The molecule has 1 aromatic heterocycles. The lowest BCUT2D eigenvalue weighted by molar-refractivity contribution is 0.920. The molecular formula is C8H15N3S. The third-order valence-electron chi connectivity index (χ3n) is 1.65. The van der Waals surface area contributed by atoms with Gasteiger partial charge in [0.05, 0.1) is 5.69 Å². The average molecular weight is 185 g/mol. The maximum atomic E-state index is 5.47. The van der Waals surface area contributed by atoms with Crippen molar-refractivity contribution in [3.8, 4) is 0 Å². The summed E-state index contributed by atoms with van der Waals surface area (Å²) >= 11 is 1.72. The first-order chi connectivity index (χ1) is 5.65. The van der Waals surface area contributed by atoms with E-state index in [0.717, 1.165) is 17.2 Å². The highest BCUT2D eigenvalue weighted by atomic mass is 32.1. The van der Waals surface area contributed by atoms with Crippen LogP contribution in [0, 0.1) is 6.92 Å². The second-order valence-corrected chi connectivity index (χ2v) is 4.11. The number of hydrogen-bond donors (Lipinski definition) is 1. The van der Waals surface area contributed by atoms with Gasteiger partial charge in [0.2, 0.25) is 0 Å². The number of thiazole rings is 1. The molecule has 0 atom stereocenters. The van der Waals surface area contributed by atoms with E-state index in [0.29, 0.717) is 6.54 Å². The van der Waals surface area contributed by atoms with E-state index in [1.54, 1.807) is 11.3 Å². The van der Waals surface area contributed by atoms with E-state index in [2.05, 4.69) is 11.9 Å². The first kappa shape index (κ1) is 9.48. The van der Waals surface area contributed by atoms with Gasteiger partial charge in [0.15, 0.2) is 5.13 Å². The van der Waals surface area contributed by atoms with E-state index < -0.39 is 0 Å². The Hall–Kier alpha value is -0.610. The summed E-state index contributed by atoms with van der Waals surface area (Å²) < 4.78 is 0. The Balaban J connectivity index is 2.85. The second kappa shape index (κ2) is 3.87. The number of rotatable bonds is 3. The van der Waals surface area contributed by atoms with Gasteiger partial charge < -0.3 is 10.6 Å². The molecule has 0 saturated carbocycles. The Morgan fingerprint density at radius 3 is 2.58 bits per heavy atom. The number of anilines is 1. The Bertz CT molecular complexity index is 255. The Kier molecular flexibility index (Phi) is 3.05. The molecule has 4 heteroatoms. The predicted molar refractivity (Wildman–Crippen MR) is 53.9 cm³/mol. The van der Waals surface area contributed by atoms with E-state index >= 15 is 0 Å². The lowest BCUT2D eigenvalue weighted by atomic mass is 10.3. The van der Waals surface area contributed by atoms with Crippen molar-refractivity contribution in [3.63, 3.8) is 0 Å². The standard InChI is InChI=1S/C8H15N3S/c1-6-7(4-5-9)10-8(12-6)11(2)3/h4-5,9H2,1-3H3. The highest BCUT2D eigenvalue weighted by Gasteiger charge is 2.07. The Labute approximate surface area is 77.2 Å². The lowest BCUT2D eigenvalue weighted by Gasteiger charge is -2.05. The summed E-state index contributed by atoms with van der Waals surface area (Å²) in [6.07, 6.45) is 0.885. The van der Waals surface area contributed by atoms with Crippen LogP contribution in [-0.4, -0.2) is 25.6 Å². The summed E-state index contributed by atoms with van der Waals surface area (Å²) in [4.78, 5) is 7.77. The summed E-state index contributed by atoms with van der Waals surface area (Å²) in [7, 11) is 4.01.